The molecule has 0 aromatic heterocycles. The fourth-order valence-electron chi connectivity index (χ4n) is 5.10. The zero-order valence-electron chi connectivity index (χ0n) is 18.0. The number of hydrogen-bond donors (Lipinski definition) is 1. The van der Waals surface area contributed by atoms with E-state index in [0.29, 0.717) is 6.04 Å². The Bertz CT molecular complexity index is 665. The third-order valence-corrected chi connectivity index (χ3v) is 6.79. The van der Waals surface area contributed by atoms with E-state index in [1.807, 2.05) is 18.7 Å². The maximum absolute atomic E-state index is 12.3. The highest BCUT2D eigenvalue weighted by molar-refractivity contribution is 5.74. The number of likely N-dealkylation sites (tertiary alicyclic amines) is 1. The maximum Gasteiger partial charge on any atom is 0.317 e. The molecule has 3 heterocycles. The molecule has 3 aliphatic rings. The van der Waals surface area contributed by atoms with Crippen molar-refractivity contribution in [2.75, 3.05) is 50.8 Å². The number of amides is 2. The van der Waals surface area contributed by atoms with Gasteiger partial charge in [0.05, 0.1) is 5.60 Å². The lowest BCUT2D eigenvalue weighted by Crippen LogP contribution is -2.58. The van der Waals surface area contributed by atoms with E-state index >= 15 is 0 Å². The van der Waals surface area contributed by atoms with Gasteiger partial charge in [-0.05, 0) is 51.7 Å². The second-order valence-corrected chi connectivity index (χ2v) is 9.13. The number of rotatable bonds is 3. The van der Waals surface area contributed by atoms with Crippen LogP contribution in [0, 0.1) is 0 Å². The van der Waals surface area contributed by atoms with Crippen LogP contribution in [0.1, 0.15) is 39.5 Å². The molecule has 0 unspecified atom stereocenters. The molecule has 3 aliphatic heterocycles. The van der Waals surface area contributed by atoms with E-state index in [1.165, 1.54) is 5.69 Å². The van der Waals surface area contributed by atoms with Crippen molar-refractivity contribution in [1.29, 1.82) is 0 Å². The zero-order chi connectivity index (χ0) is 20.3. The summed E-state index contributed by atoms with van der Waals surface area (Å²) in [5.41, 5.74) is 1.30. The molecular weight excluding hydrogens is 364 g/mol. The van der Waals surface area contributed by atoms with Gasteiger partial charge in [-0.15, -0.1) is 0 Å². The molecule has 3 fully saturated rings. The van der Waals surface area contributed by atoms with Crippen LogP contribution in [0.15, 0.2) is 30.3 Å². The normalized spacial score (nSPS) is 25.4. The minimum absolute atomic E-state index is 0.0336. The molecule has 160 valence electrons. The van der Waals surface area contributed by atoms with Gasteiger partial charge in [-0.1, -0.05) is 18.2 Å². The van der Waals surface area contributed by atoms with Crippen molar-refractivity contribution in [2.45, 2.75) is 57.2 Å². The predicted octanol–water partition coefficient (Wildman–Crippen LogP) is 2.94. The molecule has 1 spiro atoms. The number of hydrogen-bond acceptors (Lipinski definition) is 4. The van der Waals surface area contributed by atoms with Crippen LogP contribution in [-0.4, -0.2) is 79.4 Å². The van der Waals surface area contributed by atoms with Crippen LogP contribution < -0.4 is 10.2 Å². The Kier molecular flexibility index (Phi) is 6.30. The largest absolute Gasteiger partial charge is 0.375 e. The summed E-state index contributed by atoms with van der Waals surface area (Å²) in [6.45, 7) is 10.9. The second kappa shape index (κ2) is 8.92. The van der Waals surface area contributed by atoms with E-state index in [4.69, 9.17) is 4.74 Å². The van der Waals surface area contributed by atoms with Gasteiger partial charge in [0, 0.05) is 63.6 Å². The molecular formula is C23H36N4O2. The summed E-state index contributed by atoms with van der Waals surface area (Å²) < 4.78 is 6.33. The van der Waals surface area contributed by atoms with Gasteiger partial charge >= 0.3 is 6.03 Å². The fraction of sp³-hybridized carbons (Fsp3) is 0.696. The number of piperazine rings is 1. The summed E-state index contributed by atoms with van der Waals surface area (Å²) in [4.78, 5) is 19.4. The lowest BCUT2D eigenvalue weighted by molar-refractivity contribution is -0.129. The monoisotopic (exact) mass is 400 g/mol. The van der Waals surface area contributed by atoms with E-state index in [0.717, 1.165) is 71.6 Å². The highest BCUT2D eigenvalue weighted by Crippen LogP contribution is 2.37. The summed E-state index contributed by atoms with van der Waals surface area (Å²) in [5.74, 6) is 0. The van der Waals surface area contributed by atoms with Crippen molar-refractivity contribution in [3.8, 4) is 0 Å². The Balaban J connectivity index is 1.29. The summed E-state index contributed by atoms with van der Waals surface area (Å²) >= 11 is 0. The van der Waals surface area contributed by atoms with Crippen molar-refractivity contribution in [3.63, 3.8) is 0 Å². The van der Waals surface area contributed by atoms with Crippen LogP contribution in [0.5, 0.6) is 0 Å². The molecule has 0 bridgehead atoms. The maximum atomic E-state index is 12.3. The Morgan fingerprint density at radius 2 is 1.76 bits per heavy atom. The highest BCUT2D eigenvalue weighted by atomic mass is 16.5. The van der Waals surface area contributed by atoms with Gasteiger partial charge in [-0.25, -0.2) is 4.79 Å². The molecule has 6 nitrogen and oxygen atoms in total. The molecule has 0 aliphatic carbocycles. The first-order valence-electron chi connectivity index (χ1n) is 11.3. The number of piperidine rings is 1. The summed E-state index contributed by atoms with van der Waals surface area (Å²) in [6.07, 6.45) is 4.15. The second-order valence-electron chi connectivity index (χ2n) is 9.13. The first-order chi connectivity index (χ1) is 14.0. The number of para-hydroxylation sites is 1. The van der Waals surface area contributed by atoms with Crippen molar-refractivity contribution < 1.29 is 9.53 Å². The molecule has 1 aromatic rings. The number of benzene rings is 1. The number of carbonyl (C=O) groups is 1. The molecule has 1 atom stereocenters. The number of anilines is 1. The summed E-state index contributed by atoms with van der Waals surface area (Å²) in [5, 5.41) is 3.02. The number of ether oxygens (including phenoxy) is 1. The van der Waals surface area contributed by atoms with Gasteiger partial charge in [0.15, 0.2) is 0 Å². The number of urea groups is 1. The van der Waals surface area contributed by atoms with Crippen LogP contribution >= 0.6 is 0 Å². The van der Waals surface area contributed by atoms with Gasteiger partial charge in [0.2, 0.25) is 0 Å². The number of nitrogens with one attached hydrogen (secondary N) is 1. The first kappa shape index (κ1) is 20.5. The average molecular weight is 401 g/mol. The topological polar surface area (TPSA) is 48.1 Å². The van der Waals surface area contributed by atoms with Gasteiger partial charge in [-0.2, -0.15) is 0 Å². The predicted molar refractivity (Wildman–Crippen MR) is 116 cm³/mol. The smallest absolute Gasteiger partial charge is 0.317 e. The van der Waals surface area contributed by atoms with Crippen LogP contribution in [0.25, 0.3) is 0 Å². The number of carbonyl (C=O) groups excluding carboxylic acids is 1. The Hall–Kier alpha value is -1.79. The van der Waals surface area contributed by atoms with Crippen molar-refractivity contribution >= 4 is 11.7 Å². The third-order valence-electron chi connectivity index (χ3n) is 6.79. The standard InChI is InChI=1S/C23H36N4O2/c1-19(2)24-22(28)27-11-9-23(10-12-27)18-21(8-17-29-23)26-15-13-25(14-16-26)20-6-4-3-5-7-20/h3-7,19,21H,8-18H2,1-2H3,(H,24,28)/t21-/m1/s1. The number of nitrogens with zero attached hydrogens (tertiary/aromatic N) is 3. The quantitative estimate of drug-likeness (QED) is 0.848. The average Bonchev–Trinajstić information content (AvgIpc) is 2.74. The van der Waals surface area contributed by atoms with E-state index in [2.05, 4.69) is 45.4 Å². The molecule has 29 heavy (non-hydrogen) atoms. The van der Waals surface area contributed by atoms with E-state index < -0.39 is 0 Å². The SMILES string of the molecule is CC(C)NC(=O)N1CCC2(CC1)C[C@H](N1CCN(c3ccccc3)CC1)CCO2. The Labute approximate surface area is 175 Å². The Morgan fingerprint density at radius 3 is 2.41 bits per heavy atom. The van der Waals surface area contributed by atoms with Gasteiger partial charge < -0.3 is 19.9 Å². The zero-order valence-corrected chi connectivity index (χ0v) is 18.0. The molecule has 0 radical (unpaired) electrons. The molecule has 0 saturated carbocycles. The van der Waals surface area contributed by atoms with E-state index in [9.17, 15) is 4.79 Å². The van der Waals surface area contributed by atoms with Gasteiger partial charge in [-0.3, -0.25) is 4.90 Å². The van der Waals surface area contributed by atoms with Gasteiger partial charge in [0.1, 0.15) is 0 Å². The van der Waals surface area contributed by atoms with Crippen LogP contribution in [0.4, 0.5) is 10.5 Å². The third kappa shape index (κ3) is 4.86. The molecule has 4 rings (SSSR count). The molecule has 6 heteroatoms. The fourth-order valence-corrected chi connectivity index (χ4v) is 5.10. The minimum Gasteiger partial charge on any atom is -0.375 e. The van der Waals surface area contributed by atoms with Crippen LogP contribution in [0.2, 0.25) is 0 Å². The molecule has 2 amide bonds. The van der Waals surface area contributed by atoms with Crippen LogP contribution in [-0.2, 0) is 4.74 Å². The van der Waals surface area contributed by atoms with Crippen molar-refractivity contribution in [2.24, 2.45) is 0 Å². The lowest BCUT2D eigenvalue weighted by atomic mass is 9.81. The Morgan fingerprint density at radius 1 is 1.07 bits per heavy atom. The summed E-state index contributed by atoms with van der Waals surface area (Å²) in [7, 11) is 0. The molecule has 1 N–H and O–H groups in total. The van der Waals surface area contributed by atoms with Crippen molar-refractivity contribution in [1.82, 2.24) is 15.1 Å². The molecule has 1 aromatic carbocycles. The highest BCUT2D eigenvalue weighted by Gasteiger charge is 2.43. The summed E-state index contributed by atoms with van der Waals surface area (Å²) in [6, 6.07) is 11.6. The van der Waals surface area contributed by atoms with Crippen molar-refractivity contribution in [3.05, 3.63) is 30.3 Å². The van der Waals surface area contributed by atoms with Gasteiger partial charge in [0.25, 0.3) is 0 Å². The minimum atomic E-state index is -0.0336. The van der Waals surface area contributed by atoms with Crippen LogP contribution in [0.3, 0.4) is 0 Å². The molecule has 3 saturated heterocycles. The van der Waals surface area contributed by atoms with E-state index in [1.54, 1.807) is 0 Å². The first-order valence-corrected chi connectivity index (χ1v) is 11.3. The lowest BCUT2D eigenvalue weighted by Gasteiger charge is -2.49. The van der Waals surface area contributed by atoms with E-state index in [-0.39, 0.29) is 17.7 Å².